The third-order valence-corrected chi connectivity index (χ3v) is 4.34. The van der Waals surface area contributed by atoms with E-state index in [4.69, 9.17) is 0 Å². The fourth-order valence-corrected chi connectivity index (χ4v) is 3.01. The zero-order valence-corrected chi connectivity index (χ0v) is 10.4. The summed E-state index contributed by atoms with van der Waals surface area (Å²) in [5.41, 5.74) is 1.14. The van der Waals surface area contributed by atoms with Crippen molar-refractivity contribution in [2.75, 3.05) is 0 Å². The van der Waals surface area contributed by atoms with Gasteiger partial charge in [-0.05, 0) is 5.56 Å². The molecule has 0 radical (unpaired) electrons. The van der Waals surface area contributed by atoms with Crippen molar-refractivity contribution in [2.45, 2.75) is 32.5 Å². The molecule has 1 aromatic carbocycles. The van der Waals surface area contributed by atoms with E-state index in [-0.39, 0.29) is 5.92 Å². The summed E-state index contributed by atoms with van der Waals surface area (Å²) < 4.78 is 0. The van der Waals surface area contributed by atoms with Crippen molar-refractivity contribution in [1.82, 2.24) is 0 Å². The van der Waals surface area contributed by atoms with Crippen LogP contribution < -0.4 is 0 Å². The van der Waals surface area contributed by atoms with Gasteiger partial charge in [-0.3, -0.25) is 0 Å². The predicted molar refractivity (Wildman–Crippen MR) is 63.2 cm³/mol. The molecule has 76 valence electrons. The summed E-state index contributed by atoms with van der Waals surface area (Å²) in [6, 6.07) is 10.0. The Labute approximate surface area is 87.2 Å². The Balaban J connectivity index is 2.87. The Hall–Kier alpha value is -0.893. The van der Waals surface area contributed by atoms with Crippen LogP contribution in [-0.4, -0.2) is 13.5 Å². The molecule has 0 saturated heterocycles. The van der Waals surface area contributed by atoms with E-state index in [9.17, 15) is 4.79 Å². The first-order valence-corrected chi connectivity index (χ1v) is 8.52. The Bertz CT molecular complexity index is 311. The van der Waals surface area contributed by atoms with Crippen LogP contribution in [0.25, 0.3) is 0 Å². The second-order valence-corrected chi connectivity index (χ2v) is 9.74. The molecular formula is C12H18OSi. The Morgan fingerprint density at radius 2 is 1.64 bits per heavy atom. The number of benzene rings is 1. The highest BCUT2D eigenvalue weighted by atomic mass is 28.3. The molecule has 0 amide bonds. The third kappa shape index (κ3) is 2.55. The van der Waals surface area contributed by atoms with Crippen LogP contribution in [0, 0.1) is 0 Å². The van der Waals surface area contributed by atoms with Crippen molar-refractivity contribution in [3.8, 4) is 0 Å². The molecule has 0 heterocycles. The highest BCUT2D eigenvalue weighted by molar-refractivity contribution is 7.04. The van der Waals surface area contributed by atoms with Gasteiger partial charge in [-0.15, -0.1) is 0 Å². The summed E-state index contributed by atoms with van der Waals surface area (Å²) in [6.07, 6.45) is 0. The van der Waals surface area contributed by atoms with Crippen LogP contribution in [0.1, 0.15) is 18.4 Å². The van der Waals surface area contributed by atoms with Gasteiger partial charge in [-0.1, -0.05) is 56.9 Å². The molecule has 0 saturated carbocycles. The third-order valence-electron chi connectivity index (χ3n) is 2.43. The van der Waals surface area contributed by atoms with Gasteiger partial charge in [0.05, 0.1) is 0 Å². The molecule has 2 heteroatoms. The van der Waals surface area contributed by atoms with Crippen LogP contribution in [0.5, 0.6) is 0 Å². The summed E-state index contributed by atoms with van der Waals surface area (Å²) >= 11 is 0. The minimum Gasteiger partial charge on any atom is -0.305 e. The van der Waals surface area contributed by atoms with Crippen molar-refractivity contribution >= 4 is 13.5 Å². The monoisotopic (exact) mass is 206 g/mol. The van der Waals surface area contributed by atoms with Gasteiger partial charge in [0, 0.05) is 5.92 Å². The van der Waals surface area contributed by atoms with Gasteiger partial charge >= 0.3 is 0 Å². The minimum atomic E-state index is -1.65. The summed E-state index contributed by atoms with van der Waals surface area (Å²) in [7, 11) is -1.65. The van der Waals surface area contributed by atoms with Crippen LogP contribution in [0.3, 0.4) is 0 Å². The average molecular weight is 206 g/mol. The molecule has 0 spiro atoms. The first-order chi connectivity index (χ1) is 6.43. The topological polar surface area (TPSA) is 17.1 Å². The molecule has 0 aliphatic heterocycles. The van der Waals surface area contributed by atoms with Crippen LogP contribution in [0.15, 0.2) is 30.3 Å². The largest absolute Gasteiger partial charge is 0.305 e. The number of hydrogen-bond donors (Lipinski definition) is 0. The Kier molecular flexibility index (Phi) is 3.27. The van der Waals surface area contributed by atoms with Crippen molar-refractivity contribution in [2.24, 2.45) is 0 Å². The Morgan fingerprint density at radius 3 is 2.07 bits per heavy atom. The first kappa shape index (κ1) is 11.2. The minimum absolute atomic E-state index is 0.0582. The molecular weight excluding hydrogens is 188 g/mol. The summed E-state index contributed by atoms with van der Waals surface area (Å²) in [6.45, 7) is 8.33. The predicted octanol–water partition coefficient (Wildman–Crippen LogP) is 3.24. The van der Waals surface area contributed by atoms with Gasteiger partial charge in [0.15, 0.2) is 0 Å². The fourth-order valence-electron chi connectivity index (χ4n) is 1.54. The summed E-state index contributed by atoms with van der Waals surface area (Å²) in [4.78, 5) is 12.0. The van der Waals surface area contributed by atoms with E-state index in [0.29, 0.717) is 5.41 Å². The van der Waals surface area contributed by atoms with Gasteiger partial charge in [0.25, 0.3) is 0 Å². The normalized spacial score (nSPS) is 13.7. The number of hydrogen-bond acceptors (Lipinski definition) is 1. The maximum Gasteiger partial charge on any atom is 0.124 e. The molecule has 0 unspecified atom stereocenters. The number of carbonyl (C=O) groups excluding carboxylic acids is 1. The molecule has 0 bridgehead atoms. The zero-order chi connectivity index (χ0) is 10.8. The van der Waals surface area contributed by atoms with Gasteiger partial charge in [0.2, 0.25) is 0 Å². The van der Waals surface area contributed by atoms with Crippen molar-refractivity contribution in [3.63, 3.8) is 0 Å². The number of carbonyl (C=O) groups is 1. The Morgan fingerprint density at radius 1 is 1.14 bits per heavy atom. The van der Waals surface area contributed by atoms with Crippen LogP contribution in [0.4, 0.5) is 0 Å². The van der Waals surface area contributed by atoms with Crippen molar-refractivity contribution in [1.29, 1.82) is 0 Å². The van der Waals surface area contributed by atoms with Crippen LogP contribution in [0.2, 0.25) is 19.6 Å². The second-order valence-electron chi connectivity index (χ2n) is 4.75. The fraction of sp³-hybridized carbons (Fsp3) is 0.417. The van der Waals surface area contributed by atoms with E-state index in [1.54, 1.807) is 0 Å². The van der Waals surface area contributed by atoms with Gasteiger partial charge in [-0.2, -0.15) is 0 Å². The smallest absolute Gasteiger partial charge is 0.124 e. The highest BCUT2D eigenvalue weighted by Crippen LogP contribution is 2.20. The first-order valence-electron chi connectivity index (χ1n) is 5.02. The van der Waals surface area contributed by atoms with Crippen molar-refractivity contribution in [3.05, 3.63) is 35.9 Å². The molecule has 1 nitrogen and oxygen atoms in total. The molecule has 14 heavy (non-hydrogen) atoms. The standard InChI is InChI=1S/C12H18OSi/c1-10(12(13)14(2,3)4)11-8-6-5-7-9-11/h5-10H,1-4H3/t10-/m0/s1. The molecule has 0 N–H and O–H groups in total. The van der Waals surface area contributed by atoms with E-state index in [1.807, 2.05) is 37.3 Å². The second kappa shape index (κ2) is 4.09. The molecule has 1 aromatic rings. The zero-order valence-electron chi connectivity index (χ0n) is 9.37. The van der Waals surface area contributed by atoms with Crippen LogP contribution in [-0.2, 0) is 4.79 Å². The molecule has 1 rings (SSSR count). The van der Waals surface area contributed by atoms with Gasteiger partial charge in [0.1, 0.15) is 13.5 Å². The van der Waals surface area contributed by atoms with Crippen molar-refractivity contribution < 1.29 is 4.79 Å². The average Bonchev–Trinajstić information content (AvgIpc) is 2.15. The van der Waals surface area contributed by atoms with E-state index in [1.165, 1.54) is 0 Å². The summed E-state index contributed by atoms with van der Waals surface area (Å²) in [5, 5.41) is 0.434. The van der Waals surface area contributed by atoms with E-state index >= 15 is 0 Å². The molecule has 0 aliphatic rings. The maximum absolute atomic E-state index is 12.0. The maximum atomic E-state index is 12.0. The van der Waals surface area contributed by atoms with Gasteiger partial charge in [-0.25, -0.2) is 0 Å². The van der Waals surface area contributed by atoms with E-state index in [0.717, 1.165) is 5.56 Å². The lowest BCUT2D eigenvalue weighted by molar-refractivity contribution is -0.113. The van der Waals surface area contributed by atoms with E-state index < -0.39 is 8.07 Å². The SMILES string of the molecule is C[C@H](C(=O)[Si](C)(C)C)c1ccccc1. The van der Waals surface area contributed by atoms with Gasteiger partial charge < -0.3 is 4.79 Å². The number of rotatable bonds is 3. The summed E-state index contributed by atoms with van der Waals surface area (Å²) in [5.74, 6) is 0.0582. The lowest BCUT2D eigenvalue weighted by Crippen LogP contribution is -2.36. The lowest BCUT2D eigenvalue weighted by atomic mass is 10.0. The quantitative estimate of drug-likeness (QED) is 0.694. The van der Waals surface area contributed by atoms with E-state index in [2.05, 4.69) is 19.6 Å². The lowest BCUT2D eigenvalue weighted by Gasteiger charge is -2.20. The molecule has 0 aromatic heterocycles. The molecule has 0 fully saturated rings. The molecule has 1 atom stereocenters. The highest BCUT2D eigenvalue weighted by Gasteiger charge is 2.29. The van der Waals surface area contributed by atoms with Crippen LogP contribution >= 0.6 is 0 Å². The molecule has 0 aliphatic carbocycles.